The van der Waals surface area contributed by atoms with E-state index in [4.69, 9.17) is 11.5 Å². The monoisotopic (exact) mass is 281 g/mol. The van der Waals surface area contributed by atoms with Gasteiger partial charge < -0.3 is 5.11 Å². The first-order valence-corrected chi connectivity index (χ1v) is 7.00. The van der Waals surface area contributed by atoms with Gasteiger partial charge in [0, 0.05) is 0 Å². The van der Waals surface area contributed by atoms with Crippen LogP contribution in [0.5, 0.6) is 0 Å². The Morgan fingerprint density at radius 2 is 2.00 bits per heavy atom. The summed E-state index contributed by atoms with van der Waals surface area (Å²) in [5, 5.41) is 8.97. The molecule has 0 spiro atoms. The van der Waals surface area contributed by atoms with Crippen LogP contribution in [0.2, 0.25) is 0 Å². The van der Waals surface area contributed by atoms with Gasteiger partial charge in [0.1, 0.15) is 0 Å². The van der Waals surface area contributed by atoms with E-state index in [1.807, 2.05) is 0 Å². The number of terminal acetylenes is 1. The van der Waals surface area contributed by atoms with Gasteiger partial charge in [-0.1, -0.05) is 5.92 Å². The number of sulfonamides is 1. The first-order chi connectivity index (χ1) is 8.69. The van der Waals surface area contributed by atoms with Gasteiger partial charge >= 0.3 is 5.97 Å². The number of aryl methyl sites for hydroxylation is 1. The van der Waals surface area contributed by atoms with Gasteiger partial charge in [-0.25, -0.2) is 13.2 Å². The van der Waals surface area contributed by atoms with Crippen LogP contribution < -0.4 is 4.72 Å². The number of aromatic carboxylic acids is 1. The van der Waals surface area contributed by atoms with E-state index in [1.165, 1.54) is 13.0 Å². The number of hydrogen-bond donors (Lipinski definition) is 2. The summed E-state index contributed by atoms with van der Waals surface area (Å²) in [7, 11) is -3.84. The quantitative estimate of drug-likeness (QED) is 0.815. The van der Waals surface area contributed by atoms with E-state index in [0.29, 0.717) is 11.1 Å². The number of carboxylic acid groups (broad SMARTS) is 1. The SMILES string of the molecule is C#CC(C)NS(=O)(=O)c1cc(C(=O)O)cc(C)c1C. The number of carbonyl (C=O) groups is 1. The Labute approximate surface area is 112 Å². The molecule has 102 valence electrons. The second-order valence-corrected chi connectivity index (χ2v) is 5.91. The maximum atomic E-state index is 12.1. The van der Waals surface area contributed by atoms with Crippen molar-refractivity contribution in [2.75, 3.05) is 0 Å². The van der Waals surface area contributed by atoms with E-state index in [9.17, 15) is 13.2 Å². The van der Waals surface area contributed by atoms with Crippen molar-refractivity contribution in [2.24, 2.45) is 0 Å². The minimum absolute atomic E-state index is 0.0630. The molecule has 5 nitrogen and oxygen atoms in total. The van der Waals surface area contributed by atoms with Crippen molar-refractivity contribution < 1.29 is 18.3 Å². The zero-order valence-corrected chi connectivity index (χ0v) is 11.7. The molecule has 6 heteroatoms. The molecule has 19 heavy (non-hydrogen) atoms. The van der Waals surface area contributed by atoms with Gasteiger partial charge in [0.25, 0.3) is 0 Å². The molecular formula is C13H15NO4S. The van der Waals surface area contributed by atoms with Crippen LogP contribution in [-0.2, 0) is 10.0 Å². The van der Waals surface area contributed by atoms with Gasteiger partial charge in [0.2, 0.25) is 10.0 Å². The number of rotatable bonds is 4. The lowest BCUT2D eigenvalue weighted by atomic mass is 10.1. The predicted molar refractivity (Wildman–Crippen MR) is 71.5 cm³/mol. The highest BCUT2D eigenvalue weighted by molar-refractivity contribution is 7.89. The second kappa shape index (κ2) is 5.43. The Morgan fingerprint density at radius 1 is 1.42 bits per heavy atom. The first kappa shape index (κ1) is 15.2. The van der Waals surface area contributed by atoms with E-state index in [2.05, 4.69) is 10.6 Å². The van der Waals surface area contributed by atoms with Crippen LogP contribution in [-0.4, -0.2) is 25.5 Å². The van der Waals surface area contributed by atoms with Crippen LogP contribution in [0.4, 0.5) is 0 Å². The molecular weight excluding hydrogens is 266 g/mol. The number of hydrogen-bond acceptors (Lipinski definition) is 3. The van der Waals surface area contributed by atoms with Gasteiger partial charge in [-0.15, -0.1) is 6.42 Å². The standard InChI is InChI=1S/C13H15NO4S/c1-5-9(3)14-19(17,18)12-7-11(13(15)16)6-8(2)10(12)4/h1,6-7,9,14H,2-4H3,(H,15,16). The fourth-order valence-corrected chi connectivity index (χ4v) is 3.07. The third kappa shape index (κ3) is 3.34. The molecule has 0 aliphatic rings. The van der Waals surface area contributed by atoms with Gasteiger partial charge in [-0.3, -0.25) is 0 Å². The Morgan fingerprint density at radius 3 is 2.47 bits per heavy atom. The minimum Gasteiger partial charge on any atom is -0.478 e. The van der Waals surface area contributed by atoms with Crippen molar-refractivity contribution in [1.29, 1.82) is 0 Å². The van der Waals surface area contributed by atoms with Gasteiger partial charge in [-0.2, -0.15) is 4.72 Å². The largest absolute Gasteiger partial charge is 0.478 e. The molecule has 1 aromatic rings. The third-order valence-corrected chi connectivity index (χ3v) is 4.41. The Hall–Kier alpha value is -1.84. The molecule has 2 N–H and O–H groups in total. The number of benzene rings is 1. The van der Waals surface area contributed by atoms with E-state index in [1.54, 1.807) is 13.8 Å². The summed E-state index contributed by atoms with van der Waals surface area (Å²) in [6, 6.07) is 1.90. The van der Waals surface area contributed by atoms with E-state index < -0.39 is 22.0 Å². The molecule has 0 radical (unpaired) electrons. The average Bonchev–Trinajstić information content (AvgIpc) is 2.31. The Balaban J connectivity index is 3.42. The first-order valence-electron chi connectivity index (χ1n) is 5.52. The average molecular weight is 281 g/mol. The summed E-state index contributed by atoms with van der Waals surface area (Å²) < 4.78 is 26.6. The lowest BCUT2D eigenvalue weighted by molar-refractivity contribution is 0.0696. The van der Waals surface area contributed by atoms with Crippen molar-refractivity contribution in [3.8, 4) is 12.3 Å². The van der Waals surface area contributed by atoms with Crippen LogP contribution in [0.15, 0.2) is 17.0 Å². The van der Waals surface area contributed by atoms with Crippen molar-refractivity contribution in [3.05, 3.63) is 28.8 Å². The molecule has 0 saturated heterocycles. The molecule has 0 bridgehead atoms. The van der Waals surface area contributed by atoms with Crippen LogP contribution in [0, 0.1) is 26.2 Å². The molecule has 0 saturated carbocycles. The van der Waals surface area contributed by atoms with Crippen molar-refractivity contribution in [2.45, 2.75) is 31.7 Å². The van der Waals surface area contributed by atoms with Gasteiger partial charge in [0.05, 0.1) is 16.5 Å². The maximum absolute atomic E-state index is 12.1. The fraction of sp³-hybridized carbons (Fsp3) is 0.308. The second-order valence-electron chi connectivity index (χ2n) is 4.23. The lowest BCUT2D eigenvalue weighted by Crippen LogP contribution is -2.32. The van der Waals surface area contributed by atoms with Crippen LogP contribution in [0.3, 0.4) is 0 Å². The van der Waals surface area contributed by atoms with Crippen molar-refractivity contribution in [1.82, 2.24) is 4.72 Å². The van der Waals surface area contributed by atoms with E-state index in [0.717, 1.165) is 6.07 Å². The van der Waals surface area contributed by atoms with Crippen LogP contribution >= 0.6 is 0 Å². The molecule has 1 rings (SSSR count). The summed E-state index contributed by atoms with van der Waals surface area (Å²) in [5.74, 6) is 1.08. The highest BCUT2D eigenvalue weighted by Gasteiger charge is 2.21. The van der Waals surface area contributed by atoms with Gasteiger partial charge in [-0.05, 0) is 44.0 Å². The summed E-state index contributed by atoms with van der Waals surface area (Å²) in [4.78, 5) is 10.9. The Kier molecular flexibility index (Phi) is 4.35. The van der Waals surface area contributed by atoms with Gasteiger partial charge in [0.15, 0.2) is 0 Å². The molecule has 0 aromatic heterocycles. The maximum Gasteiger partial charge on any atom is 0.335 e. The predicted octanol–water partition coefficient (Wildman–Crippen LogP) is 1.30. The smallest absolute Gasteiger partial charge is 0.335 e. The third-order valence-electron chi connectivity index (χ3n) is 2.74. The fourth-order valence-electron chi connectivity index (χ4n) is 1.56. The number of nitrogens with one attached hydrogen (secondary N) is 1. The van der Waals surface area contributed by atoms with Crippen LogP contribution in [0.1, 0.15) is 28.4 Å². The Bertz CT molecular complexity index is 656. The molecule has 0 amide bonds. The lowest BCUT2D eigenvalue weighted by Gasteiger charge is -2.13. The van der Waals surface area contributed by atoms with Crippen LogP contribution in [0.25, 0.3) is 0 Å². The molecule has 1 atom stereocenters. The van der Waals surface area contributed by atoms with Crippen molar-refractivity contribution in [3.63, 3.8) is 0 Å². The minimum atomic E-state index is -3.84. The summed E-state index contributed by atoms with van der Waals surface area (Å²) >= 11 is 0. The summed E-state index contributed by atoms with van der Waals surface area (Å²) in [6.07, 6.45) is 5.13. The molecule has 0 aliphatic carbocycles. The zero-order valence-electron chi connectivity index (χ0n) is 10.9. The molecule has 1 unspecified atom stereocenters. The van der Waals surface area contributed by atoms with E-state index >= 15 is 0 Å². The molecule has 0 aliphatic heterocycles. The number of carboxylic acids is 1. The zero-order chi connectivity index (χ0) is 14.8. The normalized spacial score (nSPS) is 12.7. The highest BCUT2D eigenvalue weighted by Crippen LogP contribution is 2.21. The van der Waals surface area contributed by atoms with E-state index in [-0.39, 0.29) is 10.5 Å². The topological polar surface area (TPSA) is 83.5 Å². The summed E-state index contributed by atoms with van der Waals surface area (Å²) in [5.41, 5.74) is 1.02. The summed E-state index contributed by atoms with van der Waals surface area (Å²) in [6.45, 7) is 4.81. The van der Waals surface area contributed by atoms with Crippen molar-refractivity contribution >= 4 is 16.0 Å². The molecule has 0 fully saturated rings. The highest BCUT2D eigenvalue weighted by atomic mass is 32.2. The molecule has 0 heterocycles. The molecule has 1 aromatic carbocycles.